The zero-order valence-corrected chi connectivity index (χ0v) is 15.7. The molecule has 2 N–H and O–H groups in total. The number of carbonyl (C=O) groups excluding carboxylic acids is 1. The number of methoxy groups -OCH3 is 1. The third kappa shape index (κ3) is 5.21. The van der Waals surface area contributed by atoms with Crippen molar-refractivity contribution in [3.63, 3.8) is 0 Å². The lowest BCUT2D eigenvalue weighted by Crippen LogP contribution is -2.14. The number of ether oxygens (including phenoxy) is 1. The van der Waals surface area contributed by atoms with Gasteiger partial charge in [-0.2, -0.15) is 0 Å². The van der Waals surface area contributed by atoms with Crippen molar-refractivity contribution in [3.8, 4) is 5.75 Å². The second-order valence-corrected chi connectivity index (χ2v) is 6.32. The Hall–Kier alpha value is -3.05. The zero-order valence-electron chi connectivity index (χ0n) is 14.9. The third-order valence-corrected chi connectivity index (χ3v) is 4.23. The van der Waals surface area contributed by atoms with Gasteiger partial charge in [0.15, 0.2) is 0 Å². The van der Waals surface area contributed by atoms with E-state index in [2.05, 4.69) is 15.6 Å². The Morgan fingerprint density at radius 3 is 2.74 bits per heavy atom. The third-order valence-electron chi connectivity index (χ3n) is 3.99. The number of nitrogens with one attached hydrogen (secondary N) is 2. The van der Waals surface area contributed by atoms with E-state index in [0.29, 0.717) is 22.9 Å². The molecule has 0 spiro atoms. The van der Waals surface area contributed by atoms with Gasteiger partial charge in [0.05, 0.1) is 7.11 Å². The van der Waals surface area contributed by atoms with Crippen molar-refractivity contribution in [1.29, 1.82) is 0 Å². The first-order chi connectivity index (χ1) is 13.2. The summed E-state index contributed by atoms with van der Waals surface area (Å²) >= 11 is 5.94. The van der Waals surface area contributed by atoms with Crippen LogP contribution in [0.4, 0.5) is 11.4 Å². The van der Waals surface area contributed by atoms with Gasteiger partial charge >= 0.3 is 0 Å². The van der Waals surface area contributed by atoms with Crippen molar-refractivity contribution in [3.05, 3.63) is 83.1 Å². The van der Waals surface area contributed by atoms with Crippen LogP contribution in [0.3, 0.4) is 0 Å². The van der Waals surface area contributed by atoms with Crippen LogP contribution in [0.25, 0.3) is 0 Å². The molecule has 0 aliphatic carbocycles. The quantitative estimate of drug-likeness (QED) is 0.625. The number of rotatable bonds is 7. The molecule has 0 fully saturated rings. The van der Waals surface area contributed by atoms with Gasteiger partial charge in [-0.1, -0.05) is 35.9 Å². The van der Waals surface area contributed by atoms with E-state index in [1.807, 2.05) is 30.3 Å². The smallest absolute Gasteiger partial charge is 0.274 e. The van der Waals surface area contributed by atoms with Gasteiger partial charge in [0, 0.05) is 29.1 Å². The van der Waals surface area contributed by atoms with Gasteiger partial charge in [0.2, 0.25) is 0 Å². The summed E-state index contributed by atoms with van der Waals surface area (Å²) in [6, 6.07) is 18.5. The Bertz CT molecular complexity index is 931. The summed E-state index contributed by atoms with van der Waals surface area (Å²) in [6.45, 7) is 0.708. The maximum Gasteiger partial charge on any atom is 0.274 e. The lowest BCUT2D eigenvalue weighted by Gasteiger charge is -2.11. The maximum atomic E-state index is 12.4. The van der Waals surface area contributed by atoms with Crippen LogP contribution in [0.15, 0.2) is 66.9 Å². The molecule has 3 aromatic rings. The summed E-state index contributed by atoms with van der Waals surface area (Å²) in [5, 5.41) is 6.67. The monoisotopic (exact) mass is 381 g/mol. The number of para-hydroxylation sites is 1. The highest BCUT2D eigenvalue weighted by atomic mass is 35.5. The number of hydrogen-bond donors (Lipinski definition) is 2. The van der Waals surface area contributed by atoms with Gasteiger partial charge in [-0.05, 0) is 48.4 Å². The fraction of sp³-hybridized carbons (Fsp3) is 0.143. The van der Waals surface area contributed by atoms with Crippen molar-refractivity contribution in [2.45, 2.75) is 6.42 Å². The summed E-state index contributed by atoms with van der Waals surface area (Å²) in [5.74, 6) is 0.585. The molecule has 27 heavy (non-hydrogen) atoms. The minimum absolute atomic E-state index is 0.286. The van der Waals surface area contributed by atoms with Crippen molar-refractivity contribution < 1.29 is 9.53 Å². The highest BCUT2D eigenvalue weighted by Gasteiger charge is 2.09. The van der Waals surface area contributed by atoms with Crippen LogP contribution in [0, 0.1) is 0 Å². The first kappa shape index (κ1) is 18.7. The molecule has 0 aliphatic rings. The number of amides is 1. The number of benzene rings is 2. The average Bonchev–Trinajstić information content (AvgIpc) is 2.68. The zero-order chi connectivity index (χ0) is 19.1. The molecule has 3 rings (SSSR count). The van der Waals surface area contributed by atoms with E-state index in [1.165, 1.54) is 0 Å². The molecule has 5 nitrogen and oxygen atoms in total. The molecule has 0 bridgehead atoms. The van der Waals surface area contributed by atoms with E-state index < -0.39 is 0 Å². The summed E-state index contributed by atoms with van der Waals surface area (Å²) in [5.41, 5.74) is 2.91. The van der Waals surface area contributed by atoms with Crippen molar-refractivity contribution in [2.75, 3.05) is 24.3 Å². The normalized spacial score (nSPS) is 10.3. The summed E-state index contributed by atoms with van der Waals surface area (Å²) in [7, 11) is 1.67. The Morgan fingerprint density at radius 1 is 1.07 bits per heavy atom. The standard InChI is InChI=1S/C21H20ClN3O2/c1-27-20-8-3-2-5-15(20)9-11-23-17-10-12-24-19(14-17)21(26)25-18-7-4-6-16(22)13-18/h2-8,10,12-14H,9,11H2,1H3,(H,23,24)(H,25,26). The SMILES string of the molecule is COc1ccccc1CCNc1ccnc(C(=O)Nc2cccc(Cl)c2)c1. The number of nitrogens with zero attached hydrogens (tertiary/aromatic N) is 1. The number of hydrogen-bond acceptors (Lipinski definition) is 4. The maximum absolute atomic E-state index is 12.4. The van der Waals surface area contributed by atoms with Crippen molar-refractivity contribution in [1.82, 2.24) is 4.98 Å². The van der Waals surface area contributed by atoms with E-state index in [0.717, 1.165) is 23.4 Å². The van der Waals surface area contributed by atoms with E-state index in [-0.39, 0.29) is 5.91 Å². The minimum Gasteiger partial charge on any atom is -0.496 e. The van der Waals surface area contributed by atoms with Crippen LogP contribution in [-0.4, -0.2) is 24.5 Å². The summed E-state index contributed by atoms with van der Waals surface area (Å²) < 4.78 is 5.36. The molecule has 0 radical (unpaired) electrons. The molecule has 6 heteroatoms. The fourth-order valence-corrected chi connectivity index (χ4v) is 2.87. The van der Waals surface area contributed by atoms with Gasteiger partial charge in [-0.3, -0.25) is 9.78 Å². The Kier molecular flexibility index (Phi) is 6.28. The number of anilines is 2. The summed E-state index contributed by atoms with van der Waals surface area (Å²) in [6.07, 6.45) is 2.41. The van der Waals surface area contributed by atoms with E-state index in [1.54, 1.807) is 43.6 Å². The molecule has 0 saturated heterocycles. The van der Waals surface area contributed by atoms with Crippen LogP contribution < -0.4 is 15.4 Å². The number of halogens is 1. The van der Waals surface area contributed by atoms with Crippen LogP contribution >= 0.6 is 11.6 Å². The molecule has 0 aliphatic heterocycles. The first-order valence-electron chi connectivity index (χ1n) is 8.54. The van der Waals surface area contributed by atoms with E-state index in [9.17, 15) is 4.79 Å². The van der Waals surface area contributed by atoms with Gasteiger partial charge in [0.25, 0.3) is 5.91 Å². The Balaban J connectivity index is 1.60. The van der Waals surface area contributed by atoms with Crippen molar-refractivity contribution >= 4 is 28.9 Å². The number of carbonyl (C=O) groups is 1. The first-order valence-corrected chi connectivity index (χ1v) is 8.92. The molecule has 1 amide bonds. The molecule has 0 atom stereocenters. The fourth-order valence-electron chi connectivity index (χ4n) is 2.68. The molecule has 2 aromatic carbocycles. The average molecular weight is 382 g/mol. The van der Waals surface area contributed by atoms with Gasteiger partial charge in [0.1, 0.15) is 11.4 Å². The molecule has 138 valence electrons. The molecule has 1 aromatic heterocycles. The van der Waals surface area contributed by atoms with E-state index >= 15 is 0 Å². The number of aromatic nitrogens is 1. The largest absolute Gasteiger partial charge is 0.496 e. The van der Waals surface area contributed by atoms with Crippen molar-refractivity contribution in [2.24, 2.45) is 0 Å². The van der Waals surface area contributed by atoms with Crippen LogP contribution in [0.2, 0.25) is 5.02 Å². The topological polar surface area (TPSA) is 63.2 Å². The molecule has 0 saturated carbocycles. The molecule has 1 heterocycles. The molecule has 0 unspecified atom stereocenters. The lowest BCUT2D eigenvalue weighted by molar-refractivity contribution is 0.102. The highest BCUT2D eigenvalue weighted by Crippen LogP contribution is 2.19. The predicted molar refractivity (Wildman–Crippen MR) is 109 cm³/mol. The summed E-state index contributed by atoms with van der Waals surface area (Å²) in [4.78, 5) is 16.5. The van der Waals surface area contributed by atoms with Crippen LogP contribution in [0.5, 0.6) is 5.75 Å². The van der Waals surface area contributed by atoms with Crippen LogP contribution in [-0.2, 0) is 6.42 Å². The van der Waals surface area contributed by atoms with Gasteiger partial charge in [-0.25, -0.2) is 0 Å². The van der Waals surface area contributed by atoms with Crippen LogP contribution in [0.1, 0.15) is 16.1 Å². The molecular weight excluding hydrogens is 362 g/mol. The van der Waals surface area contributed by atoms with E-state index in [4.69, 9.17) is 16.3 Å². The molecular formula is C21H20ClN3O2. The Labute approximate surface area is 163 Å². The van der Waals surface area contributed by atoms with Gasteiger partial charge in [-0.15, -0.1) is 0 Å². The second-order valence-electron chi connectivity index (χ2n) is 5.88. The lowest BCUT2D eigenvalue weighted by atomic mass is 10.1. The number of pyridine rings is 1. The predicted octanol–water partition coefficient (Wildman–Crippen LogP) is 4.65. The van der Waals surface area contributed by atoms with Gasteiger partial charge < -0.3 is 15.4 Å². The Morgan fingerprint density at radius 2 is 1.93 bits per heavy atom. The minimum atomic E-state index is -0.286. The second kappa shape index (κ2) is 9.05. The highest BCUT2D eigenvalue weighted by molar-refractivity contribution is 6.30.